The molecule has 5 rings (SSSR count). The van der Waals surface area contributed by atoms with E-state index < -0.39 is 21.9 Å². The van der Waals surface area contributed by atoms with Crippen molar-refractivity contribution in [2.75, 3.05) is 4.31 Å². The number of amides is 1. The predicted octanol–water partition coefficient (Wildman–Crippen LogP) is 6.71. The van der Waals surface area contributed by atoms with E-state index in [1.54, 1.807) is 104 Å². The minimum Gasteiger partial charge on any atom is -0.422 e. The molecule has 0 saturated heterocycles. The van der Waals surface area contributed by atoms with Gasteiger partial charge in [-0.25, -0.2) is 13.2 Å². The second-order valence-electron chi connectivity index (χ2n) is 9.09. The van der Waals surface area contributed by atoms with Crippen LogP contribution in [0.3, 0.4) is 0 Å². The molecule has 0 aliphatic carbocycles. The summed E-state index contributed by atoms with van der Waals surface area (Å²) in [5.74, 6) is -0.998. The maximum atomic E-state index is 14.2. The second kappa shape index (κ2) is 10.6. The van der Waals surface area contributed by atoms with Crippen LogP contribution in [0.2, 0.25) is 0 Å². The Bertz CT molecular complexity index is 1800. The van der Waals surface area contributed by atoms with Gasteiger partial charge in [-0.1, -0.05) is 78.4 Å². The lowest BCUT2D eigenvalue weighted by Crippen LogP contribution is -2.37. The summed E-state index contributed by atoms with van der Waals surface area (Å²) in [5.41, 5.74) is 2.18. The SMILES string of the molecule is Cc1ccc(S(=O)(=O)N(C(=O)c2ccccc2)c2ccc(OC(=O)c3ccccc3)c3ccccc23)c(C)c1. The van der Waals surface area contributed by atoms with E-state index in [9.17, 15) is 18.0 Å². The van der Waals surface area contributed by atoms with Crippen molar-refractivity contribution in [2.24, 2.45) is 0 Å². The van der Waals surface area contributed by atoms with Crippen molar-refractivity contribution < 1.29 is 22.7 Å². The first-order valence-corrected chi connectivity index (χ1v) is 13.7. The van der Waals surface area contributed by atoms with Gasteiger partial charge in [0.1, 0.15) is 5.75 Å². The molecular weight excluding hydrogens is 510 g/mol. The Morgan fingerprint density at radius 3 is 1.90 bits per heavy atom. The summed E-state index contributed by atoms with van der Waals surface area (Å²) in [5, 5.41) is 0.925. The summed E-state index contributed by atoms with van der Waals surface area (Å²) >= 11 is 0. The molecular formula is C32H25NO5S. The number of fused-ring (bicyclic) bond motifs is 1. The van der Waals surface area contributed by atoms with Crippen molar-refractivity contribution in [3.05, 3.63) is 138 Å². The van der Waals surface area contributed by atoms with Gasteiger partial charge in [0.15, 0.2) is 0 Å². The summed E-state index contributed by atoms with van der Waals surface area (Å²) < 4.78 is 34.9. The Hall–Kier alpha value is -4.75. The van der Waals surface area contributed by atoms with Gasteiger partial charge in [0.05, 0.1) is 16.1 Å². The fourth-order valence-corrected chi connectivity index (χ4v) is 6.13. The van der Waals surface area contributed by atoms with Crippen LogP contribution >= 0.6 is 0 Å². The molecule has 0 aromatic heterocycles. The van der Waals surface area contributed by atoms with Gasteiger partial charge < -0.3 is 4.74 Å². The van der Waals surface area contributed by atoms with Crippen molar-refractivity contribution in [3.8, 4) is 5.75 Å². The largest absolute Gasteiger partial charge is 0.422 e. The number of rotatable bonds is 6. The van der Waals surface area contributed by atoms with Crippen molar-refractivity contribution in [3.63, 3.8) is 0 Å². The minimum atomic E-state index is -4.34. The molecule has 194 valence electrons. The van der Waals surface area contributed by atoms with E-state index in [0.717, 1.165) is 9.87 Å². The fraction of sp³-hybridized carbons (Fsp3) is 0.0625. The Morgan fingerprint density at radius 1 is 0.667 bits per heavy atom. The summed E-state index contributed by atoms with van der Waals surface area (Å²) in [7, 11) is -4.34. The molecule has 7 heteroatoms. The molecule has 5 aromatic rings. The number of anilines is 1. The number of esters is 1. The maximum Gasteiger partial charge on any atom is 0.343 e. The van der Waals surface area contributed by atoms with Gasteiger partial charge in [0.2, 0.25) is 0 Å². The molecule has 6 nitrogen and oxygen atoms in total. The number of hydrogen-bond acceptors (Lipinski definition) is 5. The summed E-state index contributed by atoms with van der Waals surface area (Å²) in [6, 6.07) is 31.8. The number of aryl methyl sites for hydroxylation is 2. The molecule has 0 spiro atoms. The van der Waals surface area contributed by atoms with Gasteiger partial charge in [-0.3, -0.25) is 4.79 Å². The van der Waals surface area contributed by atoms with Gasteiger partial charge >= 0.3 is 5.97 Å². The lowest BCUT2D eigenvalue weighted by atomic mass is 10.1. The molecule has 0 heterocycles. The molecule has 0 bridgehead atoms. The van der Waals surface area contributed by atoms with Crippen molar-refractivity contribution in [1.82, 2.24) is 0 Å². The second-order valence-corrected chi connectivity index (χ2v) is 10.8. The number of hydrogen-bond donors (Lipinski definition) is 0. The van der Waals surface area contributed by atoms with E-state index in [0.29, 0.717) is 21.9 Å². The Labute approximate surface area is 227 Å². The molecule has 5 aromatic carbocycles. The maximum absolute atomic E-state index is 14.2. The third kappa shape index (κ3) is 5.04. The lowest BCUT2D eigenvalue weighted by Gasteiger charge is -2.25. The highest BCUT2D eigenvalue weighted by molar-refractivity contribution is 7.93. The number of carbonyl (C=O) groups is 2. The molecule has 0 radical (unpaired) electrons. The van der Waals surface area contributed by atoms with Crippen LogP contribution in [-0.4, -0.2) is 20.3 Å². The number of benzene rings is 5. The number of sulfonamides is 1. The third-order valence-electron chi connectivity index (χ3n) is 6.35. The van der Waals surface area contributed by atoms with Gasteiger partial charge in [-0.15, -0.1) is 0 Å². The topological polar surface area (TPSA) is 80.8 Å². The van der Waals surface area contributed by atoms with Crippen LogP contribution in [0.1, 0.15) is 31.8 Å². The first kappa shape index (κ1) is 25.9. The van der Waals surface area contributed by atoms with E-state index in [1.165, 1.54) is 18.2 Å². The molecule has 39 heavy (non-hydrogen) atoms. The zero-order chi connectivity index (χ0) is 27.6. The average Bonchev–Trinajstić information content (AvgIpc) is 2.94. The van der Waals surface area contributed by atoms with Crippen LogP contribution in [0.5, 0.6) is 5.75 Å². The Kier molecular flexibility index (Phi) is 7.00. The van der Waals surface area contributed by atoms with E-state index in [-0.39, 0.29) is 21.9 Å². The van der Waals surface area contributed by atoms with Crippen molar-refractivity contribution in [1.29, 1.82) is 0 Å². The van der Waals surface area contributed by atoms with Crippen molar-refractivity contribution >= 4 is 38.4 Å². The number of ether oxygens (including phenoxy) is 1. The first-order chi connectivity index (χ1) is 18.8. The standard InChI is InChI=1S/C32H25NO5S/c1-22-17-20-30(23(2)21-22)39(36,37)33(31(34)24-11-5-3-6-12-24)28-18-19-29(27-16-10-9-15-26(27)28)38-32(35)25-13-7-4-8-14-25/h3-21H,1-2H3. The smallest absolute Gasteiger partial charge is 0.343 e. The van der Waals surface area contributed by atoms with Crippen LogP contribution < -0.4 is 9.04 Å². The summed E-state index contributed by atoms with van der Waals surface area (Å²) in [4.78, 5) is 26.7. The molecule has 0 fully saturated rings. The first-order valence-electron chi connectivity index (χ1n) is 12.3. The predicted molar refractivity (Wildman–Crippen MR) is 152 cm³/mol. The lowest BCUT2D eigenvalue weighted by molar-refractivity contribution is 0.0736. The molecule has 1 amide bonds. The normalized spacial score (nSPS) is 11.2. The molecule has 0 aliphatic heterocycles. The number of carbonyl (C=O) groups excluding carboxylic acids is 2. The summed E-state index contributed by atoms with van der Waals surface area (Å²) in [6.07, 6.45) is 0. The highest BCUT2D eigenvalue weighted by atomic mass is 32.2. The molecule has 0 aliphatic rings. The highest BCUT2D eigenvalue weighted by Crippen LogP contribution is 2.38. The van der Waals surface area contributed by atoms with Gasteiger partial charge in [0.25, 0.3) is 15.9 Å². The number of nitrogens with zero attached hydrogens (tertiary/aromatic N) is 1. The highest BCUT2D eigenvalue weighted by Gasteiger charge is 2.34. The minimum absolute atomic E-state index is 0.0287. The molecule has 0 atom stereocenters. The van der Waals surface area contributed by atoms with E-state index >= 15 is 0 Å². The molecule has 0 N–H and O–H groups in total. The molecule has 0 saturated carbocycles. The zero-order valence-corrected chi connectivity index (χ0v) is 22.2. The van der Waals surface area contributed by atoms with Crippen LogP contribution in [0.15, 0.2) is 120 Å². The van der Waals surface area contributed by atoms with Crippen LogP contribution in [0.25, 0.3) is 10.8 Å². The summed E-state index contributed by atoms with van der Waals surface area (Å²) in [6.45, 7) is 3.58. The average molecular weight is 536 g/mol. The Morgan fingerprint density at radius 2 is 1.26 bits per heavy atom. The zero-order valence-electron chi connectivity index (χ0n) is 21.4. The van der Waals surface area contributed by atoms with E-state index in [1.807, 2.05) is 6.92 Å². The molecule has 0 unspecified atom stereocenters. The fourth-order valence-electron chi connectivity index (χ4n) is 4.49. The monoisotopic (exact) mass is 535 g/mol. The van der Waals surface area contributed by atoms with Crippen molar-refractivity contribution in [2.45, 2.75) is 18.7 Å². The quantitative estimate of drug-likeness (QED) is 0.178. The van der Waals surface area contributed by atoms with Gasteiger partial charge in [0, 0.05) is 16.3 Å². The van der Waals surface area contributed by atoms with Gasteiger partial charge in [-0.2, -0.15) is 4.31 Å². The van der Waals surface area contributed by atoms with Crippen LogP contribution in [0, 0.1) is 13.8 Å². The van der Waals surface area contributed by atoms with E-state index in [2.05, 4.69) is 0 Å². The third-order valence-corrected chi connectivity index (χ3v) is 8.20. The Balaban J connectivity index is 1.69. The van der Waals surface area contributed by atoms with Crippen LogP contribution in [-0.2, 0) is 10.0 Å². The van der Waals surface area contributed by atoms with E-state index in [4.69, 9.17) is 4.74 Å². The van der Waals surface area contributed by atoms with Gasteiger partial charge in [-0.05, 0) is 61.9 Å². The van der Waals surface area contributed by atoms with Crippen LogP contribution in [0.4, 0.5) is 5.69 Å².